The van der Waals surface area contributed by atoms with E-state index in [0.29, 0.717) is 11.8 Å². The SMILES string of the molecule is CC(C)c1cc[cH-]c1.CC(C)c1cc[cH-]c1.C[SiH]C.Cl.Cl.[Lu]. The molecule has 2 rings (SSSR count). The van der Waals surface area contributed by atoms with E-state index < -0.39 is 0 Å². The van der Waals surface area contributed by atoms with Gasteiger partial charge in [-0.2, -0.15) is 47.5 Å². The monoisotopic (exact) mass is 520 g/mol. The Kier molecular flexibility index (Phi) is 27.5. The maximum Gasteiger partial charge on any atom is 0.0213 e. The third-order valence-electron chi connectivity index (χ3n) is 2.71. The molecule has 0 fully saturated rings. The third-order valence-corrected chi connectivity index (χ3v) is 2.71. The van der Waals surface area contributed by atoms with Gasteiger partial charge in [0.05, 0.1) is 0 Å². The van der Waals surface area contributed by atoms with Crippen molar-refractivity contribution in [3.05, 3.63) is 59.7 Å². The molecule has 0 saturated heterocycles. The fourth-order valence-corrected chi connectivity index (χ4v) is 1.55. The Morgan fingerprint density at radius 2 is 1.05 bits per heavy atom. The normalized spacial score (nSPS) is 8.36. The number of halogens is 2. The van der Waals surface area contributed by atoms with Crippen LogP contribution in [0.15, 0.2) is 48.5 Å². The summed E-state index contributed by atoms with van der Waals surface area (Å²) in [4.78, 5) is 0. The molecule has 0 spiro atoms. The first-order chi connectivity index (χ1) is 9.02. The smallest absolute Gasteiger partial charge is 0.0213 e. The Bertz CT molecular complexity index is 343. The zero-order chi connectivity index (χ0) is 14.7. The third kappa shape index (κ3) is 15.6. The second kappa shape index (κ2) is 19.8. The molecule has 4 heteroatoms. The molecule has 2 radical (unpaired) electrons. The van der Waals surface area contributed by atoms with Crippen LogP contribution in [0.1, 0.15) is 50.7 Å². The van der Waals surface area contributed by atoms with Gasteiger partial charge in [0.1, 0.15) is 0 Å². The van der Waals surface area contributed by atoms with Gasteiger partial charge in [-0.15, -0.1) is 24.8 Å². The summed E-state index contributed by atoms with van der Waals surface area (Å²) < 4.78 is 0. The predicted molar refractivity (Wildman–Crippen MR) is 106 cm³/mol. The van der Waals surface area contributed by atoms with Crippen LogP contribution in [0.4, 0.5) is 0 Å². The average Bonchev–Trinajstić information content (AvgIpc) is 3.05. The molecule has 138 valence electrons. The summed E-state index contributed by atoms with van der Waals surface area (Å²) in [5, 5.41) is 0. The van der Waals surface area contributed by atoms with Crippen molar-refractivity contribution < 1.29 is 36.9 Å². The van der Waals surface area contributed by atoms with Crippen LogP contribution in [0.2, 0.25) is 13.1 Å². The molecule has 0 atom stereocenters. The Morgan fingerprint density at radius 1 is 0.773 bits per heavy atom. The summed E-state index contributed by atoms with van der Waals surface area (Å²) in [6.45, 7) is 13.2. The van der Waals surface area contributed by atoms with Gasteiger partial charge in [-0.3, -0.25) is 0 Å². The van der Waals surface area contributed by atoms with Gasteiger partial charge >= 0.3 is 0 Å². The fraction of sp³-hybridized carbons (Fsp3) is 0.444. The van der Waals surface area contributed by atoms with E-state index in [0.717, 1.165) is 9.52 Å². The molecule has 0 aromatic heterocycles. The van der Waals surface area contributed by atoms with Gasteiger partial charge in [0.2, 0.25) is 0 Å². The van der Waals surface area contributed by atoms with Crippen molar-refractivity contribution in [2.45, 2.75) is 52.6 Å². The largest absolute Gasteiger partial charge is 0.210 e. The van der Waals surface area contributed by atoms with Crippen molar-refractivity contribution in [3.63, 3.8) is 0 Å². The van der Waals surface area contributed by atoms with Gasteiger partial charge < -0.3 is 0 Å². The zero-order valence-electron chi connectivity index (χ0n) is 14.4. The molecule has 0 heterocycles. The first-order valence-electron chi connectivity index (χ1n) is 7.20. The van der Waals surface area contributed by atoms with Gasteiger partial charge in [-0.1, -0.05) is 52.6 Å². The quantitative estimate of drug-likeness (QED) is 0.316. The van der Waals surface area contributed by atoms with Crippen LogP contribution in [0.3, 0.4) is 0 Å². The standard InChI is InChI=1S/2C8H11.C2H7Si.2ClH.Lu/c2*1-7(2)8-5-3-4-6-8;1-3-2;;;/h2*3-7H,1-2H3;3H,1-2H3;2*1H;/q2*-1;;;;. The molecule has 0 N–H and O–H groups in total. The minimum Gasteiger partial charge on any atom is -0.210 e. The van der Waals surface area contributed by atoms with Crippen molar-refractivity contribution >= 4 is 34.3 Å². The summed E-state index contributed by atoms with van der Waals surface area (Å²) >= 11 is 0. The van der Waals surface area contributed by atoms with Crippen LogP contribution in [-0.2, 0) is 0 Å². The fourth-order valence-electron chi connectivity index (χ4n) is 1.55. The molecule has 0 saturated carbocycles. The van der Waals surface area contributed by atoms with Crippen LogP contribution in [0.5, 0.6) is 0 Å². The Hall–Kier alpha value is 0.731. The second-order valence-corrected chi connectivity index (χ2v) is 6.48. The molecule has 0 amide bonds. The van der Waals surface area contributed by atoms with Crippen LogP contribution in [0, 0.1) is 36.9 Å². The van der Waals surface area contributed by atoms with Gasteiger partial charge in [-0.25, -0.2) is 12.1 Å². The first kappa shape index (κ1) is 30.6. The van der Waals surface area contributed by atoms with Gasteiger partial charge in [0, 0.05) is 46.4 Å². The topological polar surface area (TPSA) is 0 Å². The summed E-state index contributed by atoms with van der Waals surface area (Å²) in [6.07, 6.45) is 0. The van der Waals surface area contributed by atoms with Crippen LogP contribution >= 0.6 is 24.8 Å². The minimum atomic E-state index is 0. The summed E-state index contributed by atoms with van der Waals surface area (Å²) in [5.41, 5.74) is 2.87. The van der Waals surface area contributed by atoms with E-state index in [1.807, 2.05) is 0 Å². The molecular formula is C18H31Cl2LuSi-2. The van der Waals surface area contributed by atoms with Crippen molar-refractivity contribution in [2.75, 3.05) is 0 Å². The maximum absolute atomic E-state index is 2.21. The van der Waals surface area contributed by atoms with E-state index >= 15 is 0 Å². The molecule has 0 aliphatic heterocycles. The van der Waals surface area contributed by atoms with E-state index in [4.69, 9.17) is 0 Å². The van der Waals surface area contributed by atoms with Crippen molar-refractivity contribution in [3.8, 4) is 0 Å². The van der Waals surface area contributed by atoms with E-state index in [2.05, 4.69) is 89.3 Å². The van der Waals surface area contributed by atoms with Crippen molar-refractivity contribution in [1.82, 2.24) is 0 Å². The first-order valence-corrected chi connectivity index (χ1v) is 9.51. The molecule has 0 aliphatic rings. The number of hydrogen-bond acceptors (Lipinski definition) is 0. The Morgan fingerprint density at radius 3 is 1.14 bits per heavy atom. The molecule has 2 aromatic carbocycles. The van der Waals surface area contributed by atoms with Gasteiger partial charge in [0.15, 0.2) is 0 Å². The van der Waals surface area contributed by atoms with E-state index in [-0.39, 0.29) is 61.7 Å². The maximum atomic E-state index is 2.21. The molecule has 0 bridgehead atoms. The number of rotatable bonds is 2. The molecular weight excluding hydrogens is 490 g/mol. The van der Waals surface area contributed by atoms with Crippen LogP contribution in [0.25, 0.3) is 0 Å². The van der Waals surface area contributed by atoms with Gasteiger partial charge in [-0.05, 0) is 0 Å². The van der Waals surface area contributed by atoms with Gasteiger partial charge in [0.25, 0.3) is 0 Å². The summed E-state index contributed by atoms with van der Waals surface area (Å²) in [7, 11) is 0.750. The molecule has 2 aromatic rings. The Balaban J connectivity index is -0.000000112. The Labute approximate surface area is 182 Å². The summed E-state index contributed by atoms with van der Waals surface area (Å²) in [6, 6.07) is 16.9. The minimum absolute atomic E-state index is 0. The van der Waals surface area contributed by atoms with Crippen molar-refractivity contribution in [1.29, 1.82) is 0 Å². The van der Waals surface area contributed by atoms with Crippen LogP contribution in [-0.4, -0.2) is 9.52 Å². The number of hydrogen-bond donors (Lipinski definition) is 0. The molecule has 0 unspecified atom stereocenters. The van der Waals surface area contributed by atoms with E-state index in [1.54, 1.807) is 0 Å². The summed E-state index contributed by atoms with van der Waals surface area (Å²) in [5.74, 6) is 1.37. The van der Waals surface area contributed by atoms with Crippen molar-refractivity contribution in [2.24, 2.45) is 0 Å². The molecule has 0 nitrogen and oxygen atoms in total. The van der Waals surface area contributed by atoms with Crippen LogP contribution < -0.4 is 0 Å². The molecule has 22 heavy (non-hydrogen) atoms. The molecule has 0 aliphatic carbocycles. The zero-order valence-corrected chi connectivity index (χ0v) is 18.9. The van der Waals surface area contributed by atoms with E-state index in [9.17, 15) is 0 Å². The predicted octanol–water partition coefficient (Wildman–Crippen LogP) is 6.42. The second-order valence-electron chi connectivity index (χ2n) is 5.32. The van der Waals surface area contributed by atoms with E-state index in [1.165, 1.54) is 11.1 Å². The average molecular weight is 521 g/mol.